The molecule has 186 valence electrons. The smallest absolute Gasteiger partial charge is 0.173 e. The third kappa shape index (κ3) is 6.07. The fourth-order valence-electron chi connectivity index (χ4n) is 4.61. The van der Waals surface area contributed by atoms with E-state index in [-0.39, 0.29) is 6.04 Å². The second kappa shape index (κ2) is 12.5. The molecule has 3 aromatic rings. The predicted octanol–water partition coefficient (Wildman–Crippen LogP) is 3.91. The number of benzene rings is 2. The zero-order valence-corrected chi connectivity index (χ0v) is 21.0. The molecule has 1 unspecified atom stereocenters. The topological polar surface area (TPSA) is 68.5 Å². The Balaban J connectivity index is 1.54. The summed E-state index contributed by atoms with van der Waals surface area (Å²) >= 11 is 0. The molecule has 0 radical (unpaired) electrons. The van der Waals surface area contributed by atoms with E-state index in [2.05, 4.69) is 74.7 Å². The van der Waals surface area contributed by atoms with Crippen LogP contribution in [-0.4, -0.2) is 77.0 Å². The summed E-state index contributed by atoms with van der Waals surface area (Å²) in [4.78, 5) is 4.94. The molecular formula is C27H36N6O2. The maximum absolute atomic E-state index is 5.83. The number of ether oxygens (including phenoxy) is 2. The molecule has 8 nitrogen and oxygen atoms in total. The van der Waals surface area contributed by atoms with Gasteiger partial charge in [0.15, 0.2) is 17.3 Å². The molecule has 1 atom stereocenters. The molecule has 0 saturated carbocycles. The van der Waals surface area contributed by atoms with Gasteiger partial charge < -0.3 is 9.47 Å². The third-order valence-electron chi connectivity index (χ3n) is 6.50. The van der Waals surface area contributed by atoms with Gasteiger partial charge in [0.1, 0.15) is 6.04 Å². The summed E-state index contributed by atoms with van der Waals surface area (Å²) in [6, 6.07) is 16.4. The van der Waals surface area contributed by atoms with Crippen molar-refractivity contribution in [1.82, 2.24) is 30.0 Å². The van der Waals surface area contributed by atoms with E-state index >= 15 is 0 Å². The Bertz CT molecular complexity index is 1080. The van der Waals surface area contributed by atoms with Crippen LogP contribution >= 0.6 is 0 Å². The van der Waals surface area contributed by atoms with E-state index < -0.39 is 0 Å². The van der Waals surface area contributed by atoms with E-state index in [9.17, 15) is 0 Å². The van der Waals surface area contributed by atoms with Gasteiger partial charge in [-0.05, 0) is 28.5 Å². The molecule has 1 fully saturated rings. The van der Waals surface area contributed by atoms with Gasteiger partial charge in [-0.15, -0.1) is 5.10 Å². The Hall–Kier alpha value is -3.23. The van der Waals surface area contributed by atoms with E-state index in [0.29, 0.717) is 5.75 Å². The van der Waals surface area contributed by atoms with E-state index in [4.69, 9.17) is 9.47 Å². The Labute approximate surface area is 208 Å². The zero-order chi connectivity index (χ0) is 24.5. The van der Waals surface area contributed by atoms with Gasteiger partial charge in [-0.25, -0.2) is 4.68 Å². The number of hydrogen-bond acceptors (Lipinski definition) is 7. The minimum Gasteiger partial charge on any atom is -0.493 e. The van der Waals surface area contributed by atoms with E-state index in [1.165, 1.54) is 5.56 Å². The lowest BCUT2D eigenvalue weighted by Crippen LogP contribution is -2.48. The van der Waals surface area contributed by atoms with Crippen molar-refractivity contribution in [1.29, 1.82) is 0 Å². The number of methoxy groups -OCH3 is 2. The first-order valence-electron chi connectivity index (χ1n) is 12.4. The van der Waals surface area contributed by atoms with Crippen molar-refractivity contribution >= 4 is 6.08 Å². The van der Waals surface area contributed by atoms with Gasteiger partial charge in [-0.1, -0.05) is 68.0 Å². The summed E-state index contributed by atoms with van der Waals surface area (Å²) in [5.41, 5.74) is 2.26. The standard InChI is InChI=1S/C27H36N6O2/c1-4-5-17-33-27(28-29-30-33)25(23-14-9-15-24(34-2)26(23)35-3)32-20-18-31(19-21-32)16-10-13-22-11-7-6-8-12-22/h6-15,25H,4-5,16-21H2,1-3H3/b13-10+. The lowest BCUT2D eigenvalue weighted by atomic mass is 10.0. The van der Waals surface area contributed by atoms with Gasteiger partial charge in [-0.2, -0.15) is 0 Å². The van der Waals surface area contributed by atoms with Crippen molar-refractivity contribution < 1.29 is 9.47 Å². The summed E-state index contributed by atoms with van der Waals surface area (Å²) < 4.78 is 13.4. The SMILES string of the molecule is CCCCn1nnnc1C(c1cccc(OC)c1OC)N1CCN(C/C=C/c2ccccc2)CC1. The highest BCUT2D eigenvalue weighted by molar-refractivity contribution is 5.50. The third-order valence-corrected chi connectivity index (χ3v) is 6.50. The van der Waals surface area contributed by atoms with Crippen molar-refractivity contribution in [3.8, 4) is 11.5 Å². The number of unbranched alkanes of at least 4 members (excludes halogenated alkanes) is 1. The van der Waals surface area contributed by atoms with Crippen molar-refractivity contribution in [2.75, 3.05) is 46.9 Å². The molecule has 1 aromatic heterocycles. The summed E-state index contributed by atoms with van der Waals surface area (Å²) in [5, 5.41) is 12.9. The molecule has 35 heavy (non-hydrogen) atoms. The zero-order valence-electron chi connectivity index (χ0n) is 21.0. The molecule has 1 aliphatic heterocycles. The Kier molecular flexibility index (Phi) is 8.86. The maximum atomic E-state index is 5.83. The van der Waals surface area contributed by atoms with Crippen LogP contribution in [0.15, 0.2) is 54.6 Å². The fraction of sp³-hybridized carbons (Fsp3) is 0.444. The van der Waals surface area contributed by atoms with Gasteiger partial charge in [0, 0.05) is 44.8 Å². The second-order valence-electron chi connectivity index (χ2n) is 8.75. The monoisotopic (exact) mass is 476 g/mol. The number of rotatable bonds is 11. The van der Waals surface area contributed by atoms with Crippen LogP contribution in [0.1, 0.15) is 42.8 Å². The van der Waals surface area contributed by atoms with Crippen LogP contribution in [0.4, 0.5) is 0 Å². The number of piperazine rings is 1. The number of nitrogens with zero attached hydrogens (tertiary/aromatic N) is 6. The average Bonchev–Trinajstić information content (AvgIpc) is 3.37. The first-order valence-corrected chi connectivity index (χ1v) is 12.4. The van der Waals surface area contributed by atoms with Crippen molar-refractivity contribution in [2.24, 2.45) is 0 Å². The summed E-state index contributed by atoms with van der Waals surface area (Å²) in [6.45, 7) is 7.67. The number of aryl methyl sites for hydroxylation is 1. The van der Waals surface area contributed by atoms with E-state index in [1.54, 1.807) is 14.2 Å². The van der Waals surface area contributed by atoms with Crippen LogP contribution in [0, 0.1) is 0 Å². The molecule has 0 spiro atoms. The highest BCUT2D eigenvalue weighted by Gasteiger charge is 2.33. The molecule has 1 aliphatic rings. The van der Waals surface area contributed by atoms with Crippen LogP contribution in [0.2, 0.25) is 0 Å². The minimum atomic E-state index is -0.117. The largest absolute Gasteiger partial charge is 0.493 e. The van der Waals surface area contributed by atoms with Crippen molar-refractivity contribution in [3.05, 3.63) is 71.6 Å². The molecular weight excluding hydrogens is 440 g/mol. The molecule has 0 aliphatic carbocycles. The Morgan fingerprint density at radius 3 is 2.49 bits per heavy atom. The summed E-state index contributed by atoms with van der Waals surface area (Å²) in [6.07, 6.45) is 6.56. The minimum absolute atomic E-state index is 0.117. The fourth-order valence-corrected chi connectivity index (χ4v) is 4.61. The van der Waals surface area contributed by atoms with E-state index in [1.807, 2.05) is 22.9 Å². The van der Waals surface area contributed by atoms with Crippen LogP contribution < -0.4 is 9.47 Å². The molecule has 2 heterocycles. The number of hydrogen-bond donors (Lipinski definition) is 0. The molecule has 8 heteroatoms. The van der Waals surface area contributed by atoms with Crippen molar-refractivity contribution in [3.63, 3.8) is 0 Å². The Morgan fingerprint density at radius 1 is 0.971 bits per heavy atom. The first-order chi connectivity index (χ1) is 17.2. The molecule has 0 N–H and O–H groups in total. The molecule has 0 amide bonds. The van der Waals surface area contributed by atoms with Crippen molar-refractivity contribution in [2.45, 2.75) is 32.4 Å². The van der Waals surface area contributed by atoms with Gasteiger partial charge in [0.25, 0.3) is 0 Å². The normalized spacial score (nSPS) is 16.0. The predicted molar refractivity (Wildman–Crippen MR) is 138 cm³/mol. The summed E-state index contributed by atoms with van der Waals surface area (Å²) in [7, 11) is 3.36. The molecule has 2 aromatic carbocycles. The number of aromatic nitrogens is 4. The molecule has 4 rings (SSSR count). The molecule has 1 saturated heterocycles. The maximum Gasteiger partial charge on any atom is 0.173 e. The van der Waals surface area contributed by atoms with Gasteiger partial charge in [0.2, 0.25) is 0 Å². The molecule has 0 bridgehead atoms. The quantitative estimate of drug-likeness (QED) is 0.416. The first kappa shape index (κ1) is 24.9. The van der Waals surface area contributed by atoms with Crippen LogP contribution in [0.3, 0.4) is 0 Å². The average molecular weight is 477 g/mol. The highest BCUT2D eigenvalue weighted by Crippen LogP contribution is 2.39. The van der Waals surface area contributed by atoms with Crippen LogP contribution in [0.5, 0.6) is 11.5 Å². The summed E-state index contributed by atoms with van der Waals surface area (Å²) in [5.74, 6) is 2.30. The van der Waals surface area contributed by atoms with E-state index in [0.717, 1.165) is 69.2 Å². The van der Waals surface area contributed by atoms with Crippen LogP contribution in [-0.2, 0) is 6.54 Å². The van der Waals surface area contributed by atoms with Gasteiger partial charge >= 0.3 is 0 Å². The van der Waals surface area contributed by atoms with Gasteiger partial charge in [-0.3, -0.25) is 9.80 Å². The lowest BCUT2D eigenvalue weighted by molar-refractivity contribution is 0.111. The number of para-hydroxylation sites is 1. The van der Waals surface area contributed by atoms with Gasteiger partial charge in [0.05, 0.1) is 14.2 Å². The second-order valence-corrected chi connectivity index (χ2v) is 8.75. The highest BCUT2D eigenvalue weighted by atomic mass is 16.5. The Morgan fingerprint density at radius 2 is 1.77 bits per heavy atom. The lowest BCUT2D eigenvalue weighted by Gasteiger charge is -2.39. The number of tetrazole rings is 1. The van der Waals surface area contributed by atoms with Crippen LogP contribution in [0.25, 0.3) is 6.08 Å².